The highest BCUT2D eigenvalue weighted by molar-refractivity contribution is 6.42. The summed E-state index contributed by atoms with van der Waals surface area (Å²) in [5, 5.41) is 3.79. The van der Waals surface area contributed by atoms with Crippen LogP contribution in [0, 0.1) is 0 Å². The van der Waals surface area contributed by atoms with Gasteiger partial charge in [-0.2, -0.15) is 0 Å². The Morgan fingerprint density at radius 3 is 2.55 bits per heavy atom. The lowest BCUT2D eigenvalue weighted by atomic mass is 10.0. The molecule has 1 unspecified atom stereocenters. The van der Waals surface area contributed by atoms with Crippen molar-refractivity contribution in [2.45, 2.75) is 19.4 Å². The van der Waals surface area contributed by atoms with E-state index in [9.17, 15) is 9.59 Å². The molecule has 0 spiro atoms. The molecule has 0 aliphatic heterocycles. The van der Waals surface area contributed by atoms with Gasteiger partial charge in [0.1, 0.15) is 5.75 Å². The zero-order valence-electron chi connectivity index (χ0n) is 16.6. The summed E-state index contributed by atoms with van der Waals surface area (Å²) in [6.45, 7) is 1.89. The Hall–Kier alpha value is -2.50. The van der Waals surface area contributed by atoms with E-state index in [0.29, 0.717) is 27.8 Å². The number of carbonyl (C=O) groups excluding carboxylic acids is 2. The van der Waals surface area contributed by atoms with Crippen LogP contribution in [0.2, 0.25) is 10.0 Å². The quantitative estimate of drug-likeness (QED) is 0.610. The Bertz CT molecular complexity index is 897. The molecule has 2 amide bonds. The van der Waals surface area contributed by atoms with E-state index >= 15 is 0 Å². The average Bonchev–Trinajstić information content (AvgIpc) is 2.71. The van der Waals surface area contributed by atoms with Gasteiger partial charge in [-0.05, 0) is 30.2 Å². The van der Waals surface area contributed by atoms with Crippen LogP contribution in [0.3, 0.4) is 0 Å². The van der Waals surface area contributed by atoms with Gasteiger partial charge in [0.25, 0.3) is 5.91 Å². The molecule has 0 heterocycles. The molecule has 0 saturated carbocycles. The normalized spacial score (nSPS) is 11.9. The predicted octanol–water partition coefficient (Wildman–Crippen LogP) is 4.74. The maximum atomic E-state index is 12.4. The lowest BCUT2D eigenvalue weighted by Crippen LogP contribution is -2.29. The van der Waals surface area contributed by atoms with Gasteiger partial charge in [-0.3, -0.25) is 9.59 Å². The third-order valence-electron chi connectivity index (χ3n) is 4.26. The molecule has 0 aromatic heterocycles. The van der Waals surface area contributed by atoms with Crippen LogP contribution in [0.1, 0.15) is 30.5 Å². The van der Waals surface area contributed by atoms with Crippen molar-refractivity contribution in [3.63, 3.8) is 0 Å². The summed E-state index contributed by atoms with van der Waals surface area (Å²) in [6, 6.07) is 12.3. The minimum Gasteiger partial charge on any atom is -0.483 e. The fraction of sp³-hybridized carbons (Fsp3) is 0.273. The van der Waals surface area contributed by atoms with Crippen molar-refractivity contribution in [2.75, 3.05) is 20.7 Å². The maximum absolute atomic E-state index is 12.4. The van der Waals surface area contributed by atoms with E-state index in [1.165, 1.54) is 11.0 Å². The molecule has 0 fully saturated rings. The Balaban J connectivity index is 2.11. The van der Waals surface area contributed by atoms with Crippen LogP contribution in [0.25, 0.3) is 6.08 Å². The molecule has 0 saturated heterocycles. The summed E-state index contributed by atoms with van der Waals surface area (Å²) in [6.07, 6.45) is 3.69. The largest absolute Gasteiger partial charge is 0.483 e. The number of nitrogens with one attached hydrogen (secondary N) is 1. The first-order valence-corrected chi connectivity index (χ1v) is 9.93. The Morgan fingerprint density at radius 1 is 1.14 bits per heavy atom. The lowest BCUT2D eigenvalue weighted by Gasteiger charge is -2.20. The zero-order chi connectivity index (χ0) is 21.4. The summed E-state index contributed by atoms with van der Waals surface area (Å²) in [7, 11) is 3.34. The standard InChI is InChI=1S/C22H24Cl2N2O3/c1-4-18(16-9-5-6-11-19(16)29-14-21(28)26(2)3)25-20(27)13-12-15-8-7-10-17(23)22(15)24/h5-13,18H,4,14H2,1-3H3,(H,25,27)/b13-12-. The Labute approximate surface area is 181 Å². The molecule has 7 heteroatoms. The molecular formula is C22H24Cl2N2O3. The number of para-hydroxylation sites is 1. The molecule has 2 rings (SSSR count). The maximum Gasteiger partial charge on any atom is 0.259 e. The highest BCUT2D eigenvalue weighted by atomic mass is 35.5. The topological polar surface area (TPSA) is 58.6 Å². The second-order valence-electron chi connectivity index (χ2n) is 6.56. The molecule has 5 nitrogen and oxygen atoms in total. The number of hydrogen-bond donors (Lipinski definition) is 1. The van der Waals surface area contributed by atoms with Gasteiger partial charge in [-0.15, -0.1) is 0 Å². The van der Waals surface area contributed by atoms with Gasteiger partial charge < -0.3 is 15.0 Å². The number of ether oxygens (including phenoxy) is 1. The minimum atomic E-state index is -0.271. The molecule has 0 aliphatic rings. The lowest BCUT2D eigenvalue weighted by molar-refractivity contribution is -0.130. The first-order valence-electron chi connectivity index (χ1n) is 9.18. The number of rotatable bonds is 8. The highest BCUT2D eigenvalue weighted by Crippen LogP contribution is 2.28. The fourth-order valence-corrected chi connectivity index (χ4v) is 2.97. The molecule has 2 aromatic carbocycles. The van der Waals surface area contributed by atoms with Crippen LogP contribution in [0.15, 0.2) is 48.5 Å². The van der Waals surface area contributed by atoms with Gasteiger partial charge in [0, 0.05) is 25.7 Å². The first kappa shape index (κ1) is 22.8. The van der Waals surface area contributed by atoms with Gasteiger partial charge in [0.15, 0.2) is 6.61 Å². The first-order chi connectivity index (χ1) is 13.8. The van der Waals surface area contributed by atoms with Crippen molar-refractivity contribution in [3.8, 4) is 5.75 Å². The van der Waals surface area contributed by atoms with Gasteiger partial charge in [-0.25, -0.2) is 0 Å². The third-order valence-corrected chi connectivity index (χ3v) is 5.10. The summed E-state index contributed by atoms with van der Waals surface area (Å²) < 4.78 is 5.69. The molecule has 1 N–H and O–H groups in total. The molecular weight excluding hydrogens is 411 g/mol. The summed E-state index contributed by atoms with van der Waals surface area (Å²) in [4.78, 5) is 25.7. The van der Waals surface area contributed by atoms with E-state index in [2.05, 4.69) is 5.32 Å². The van der Waals surface area contributed by atoms with Gasteiger partial charge in [0.05, 0.1) is 16.1 Å². The van der Waals surface area contributed by atoms with Crippen molar-refractivity contribution in [1.82, 2.24) is 10.2 Å². The number of amides is 2. The van der Waals surface area contributed by atoms with E-state index in [0.717, 1.165) is 5.56 Å². The monoisotopic (exact) mass is 434 g/mol. The van der Waals surface area contributed by atoms with Gasteiger partial charge in [0.2, 0.25) is 5.91 Å². The zero-order valence-corrected chi connectivity index (χ0v) is 18.1. The second-order valence-corrected chi connectivity index (χ2v) is 7.35. The Kier molecular flexibility index (Phi) is 8.55. The van der Waals surface area contributed by atoms with Crippen LogP contribution < -0.4 is 10.1 Å². The Morgan fingerprint density at radius 2 is 1.86 bits per heavy atom. The highest BCUT2D eigenvalue weighted by Gasteiger charge is 2.17. The van der Waals surface area contributed by atoms with Crippen molar-refractivity contribution < 1.29 is 14.3 Å². The minimum absolute atomic E-state index is 0.0679. The van der Waals surface area contributed by atoms with Gasteiger partial charge >= 0.3 is 0 Å². The van der Waals surface area contributed by atoms with E-state index < -0.39 is 0 Å². The molecule has 29 heavy (non-hydrogen) atoms. The molecule has 154 valence electrons. The molecule has 1 atom stereocenters. The molecule has 0 aliphatic carbocycles. The molecule has 0 radical (unpaired) electrons. The molecule has 2 aromatic rings. The summed E-state index contributed by atoms with van der Waals surface area (Å²) in [5.41, 5.74) is 1.47. The predicted molar refractivity (Wildman–Crippen MR) is 117 cm³/mol. The van der Waals surface area contributed by atoms with Crippen molar-refractivity contribution >= 4 is 41.1 Å². The van der Waals surface area contributed by atoms with E-state index in [-0.39, 0.29) is 24.5 Å². The van der Waals surface area contributed by atoms with E-state index in [4.69, 9.17) is 27.9 Å². The summed E-state index contributed by atoms with van der Waals surface area (Å²) in [5.74, 6) is 0.155. The van der Waals surface area contributed by atoms with E-state index in [1.807, 2.05) is 25.1 Å². The molecule has 0 bridgehead atoms. The number of hydrogen-bond acceptors (Lipinski definition) is 3. The van der Waals surface area contributed by atoms with Crippen molar-refractivity contribution in [3.05, 3.63) is 69.7 Å². The van der Waals surface area contributed by atoms with Crippen LogP contribution in [0.5, 0.6) is 5.75 Å². The number of nitrogens with zero attached hydrogens (tertiary/aromatic N) is 1. The number of halogens is 2. The van der Waals surface area contributed by atoms with Crippen molar-refractivity contribution in [2.24, 2.45) is 0 Å². The van der Waals surface area contributed by atoms with E-state index in [1.54, 1.807) is 44.4 Å². The third kappa shape index (κ3) is 6.51. The van der Waals surface area contributed by atoms with Crippen LogP contribution in [-0.2, 0) is 9.59 Å². The number of likely N-dealkylation sites (N-methyl/N-ethyl adjacent to an activating group) is 1. The fourth-order valence-electron chi connectivity index (χ4n) is 2.60. The van der Waals surface area contributed by atoms with Crippen LogP contribution in [0.4, 0.5) is 0 Å². The summed E-state index contributed by atoms with van der Waals surface area (Å²) >= 11 is 12.1. The number of benzene rings is 2. The van der Waals surface area contributed by atoms with Crippen molar-refractivity contribution in [1.29, 1.82) is 0 Å². The number of carbonyl (C=O) groups is 2. The van der Waals surface area contributed by atoms with Crippen LogP contribution >= 0.6 is 23.2 Å². The van der Waals surface area contributed by atoms with Crippen LogP contribution in [-0.4, -0.2) is 37.4 Å². The average molecular weight is 435 g/mol. The smallest absolute Gasteiger partial charge is 0.259 e. The second kappa shape index (κ2) is 10.9. The SMILES string of the molecule is CCC(NC(=O)/C=C\c1cccc(Cl)c1Cl)c1ccccc1OCC(=O)N(C)C. The van der Waals surface area contributed by atoms with Gasteiger partial charge in [-0.1, -0.05) is 60.5 Å².